The van der Waals surface area contributed by atoms with E-state index in [0.717, 1.165) is 49.6 Å². The van der Waals surface area contributed by atoms with Gasteiger partial charge in [-0.25, -0.2) is 0 Å². The molecule has 2 aliphatic heterocycles. The molecule has 0 saturated carbocycles. The van der Waals surface area contributed by atoms with Crippen molar-refractivity contribution >= 4 is 0 Å². The highest BCUT2D eigenvalue weighted by Gasteiger charge is 2.34. The summed E-state index contributed by atoms with van der Waals surface area (Å²) in [6.07, 6.45) is 5.27. The van der Waals surface area contributed by atoms with Crippen molar-refractivity contribution in [3.05, 3.63) is 29.8 Å². The predicted molar refractivity (Wildman–Crippen MR) is 98.7 cm³/mol. The molecule has 0 atom stereocenters. The second-order valence-corrected chi connectivity index (χ2v) is 7.56. The maximum absolute atomic E-state index is 9.64. The molecule has 2 aliphatic rings. The third-order valence-corrected chi connectivity index (χ3v) is 5.73. The fourth-order valence-corrected chi connectivity index (χ4v) is 3.82. The van der Waals surface area contributed by atoms with Crippen LogP contribution < -0.4 is 4.74 Å². The summed E-state index contributed by atoms with van der Waals surface area (Å²) in [6, 6.07) is 10.6. The Morgan fingerprint density at radius 3 is 2.52 bits per heavy atom. The minimum Gasteiger partial charge on any atom is -0.494 e. The van der Waals surface area contributed by atoms with E-state index in [4.69, 9.17) is 9.47 Å². The van der Waals surface area contributed by atoms with Crippen LogP contribution in [-0.2, 0) is 10.2 Å². The molecule has 0 amide bonds. The first kappa shape index (κ1) is 18.2. The minimum absolute atomic E-state index is 0.387. The molecule has 2 heterocycles. The number of likely N-dealkylation sites (tertiary alicyclic amines) is 1. The zero-order valence-electron chi connectivity index (χ0n) is 15.4. The van der Waals surface area contributed by atoms with E-state index < -0.39 is 0 Å². The van der Waals surface area contributed by atoms with Crippen molar-refractivity contribution in [1.29, 1.82) is 5.26 Å². The van der Waals surface area contributed by atoms with Crippen LogP contribution in [0, 0.1) is 17.2 Å². The summed E-state index contributed by atoms with van der Waals surface area (Å²) in [5.41, 5.74) is 0.704. The third-order valence-electron chi connectivity index (χ3n) is 5.73. The molecule has 0 radical (unpaired) electrons. The second kappa shape index (κ2) is 8.69. The zero-order valence-corrected chi connectivity index (χ0v) is 15.4. The van der Waals surface area contributed by atoms with Gasteiger partial charge in [0.2, 0.25) is 0 Å². The summed E-state index contributed by atoms with van der Waals surface area (Å²) >= 11 is 0. The van der Waals surface area contributed by atoms with Gasteiger partial charge >= 0.3 is 0 Å². The van der Waals surface area contributed by atoms with Gasteiger partial charge in [-0.05, 0) is 68.8 Å². The molecule has 0 aliphatic carbocycles. The first-order valence-corrected chi connectivity index (χ1v) is 9.66. The fourth-order valence-electron chi connectivity index (χ4n) is 3.82. The molecule has 1 aromatic rings. The Morgan fingerprint density at radius 2 is 1.88 bits per heavy atom. The van der Waals surface area contributed by atoms with Crippen molar-refractivity contribution < 1.29 is 9.47 Å². The largest absolute Gasteiger partial charge is 0.494 e. The third kappa shape index (κ3) is 4.74. The number of hydrogen-bond donors (Lipinski definition) is 0. The molecule has 0 unspecified atom stereocenters. The van der Waals surface area contributed by atoms with Gasteiger partial charge in [0, 0.05) is 19.8 Å². The summed E-state index contributed by atoms with van der Waals surface area (Å²) in [6.45, 7) is 8.03. The van der Waals surface area contributed by atoms with Crippen LogP contribution in [0.3, 0.4) is 0 Å². The normalized spacial score (nSPS) is 21.6. The molecule has 25 heavy (non-hydrogen) atoms. The van der Waals surface area contributed by atoms with Crippen molar-refractivity contribution in [2.45, 2.75) is 44.4 Å². The van der Waals surface area contributed by atoms with E-state index >= 15 is 0 Å². The van der Waals surface area contributed by atoms with Crippen LogP contribution in [-0.4, -0.2) is 44.4 Å². The number of nitriles is 1. The summed E-state index contributed by atoms with van der Waals surface area (Å²) in [4.78, 5) is 2.55. The number of hydrogen-bond acceptors (Lipinski definition) is 4. The van der Waals surface area contributed by atoms with Gasteiger partial charge in [0.1, 0.15) is 5.75 Å². The quantitative estimate of drug-likeness (QED) is 0.739. The van der Waals surface area contributed by atoms with E-state index in [1.54, 1.807) is 0 Å². The predicted octanol–water partition coefficient (Wildman–Crippen LogP) is 3.76. The number of benzene rings is 1. The van der Waals surface area contributed by atoms with Crippen LogP contribution in [0.5, 0.6) is 5.75 Å². The lowest BCUT2D eigenvalue weighted by molar-refractivity contribution is 0.0675. The Labute approximate surface area is 151 Å². The number of nitrogens with zero attached hydrogens (tertiary/aromatic N) is 2. The van der Waals surface area contributed by atoms with E-state index in [-0.39, 0.29) is 5.41 Å². The number of piperidine rings is 1. The summed E-state index contributed by atoms with van der Waals surface area (Å²) in [5.74, 6) is 1.79. The SMILES string of the molecule is CC1CCN(CCCOc2ccc(C3(C#N)CCOCC3)cc2)CC1. The van der Waals surface area contributed by atoms with Crippen LogP contribution in [0.1, 0.15) is 44.6 Å². The lowest BCUT2D eigenvalue weighted by atomic mass is 9.75. The van der Waals surface area contributed by atoms with Crippen molar-refractivity contribution in [3.63, 3.8) is 0 Å². The first-order chi connectivity index (χ1) is 12.2. The highest BCUT2D eigenvalue weighted by atomic mass is 16.5. The van der Waals surface area contributed by atoms with Crippen molar-refractivity contribution in [2.24, 2.45) is 5.92 Å². The van der Waals surface area contributed by atoms with Gasteiger partial charge in [0.05, 0.1) is 18.1 Å². The van der Waals surface area contributed by atoms with Crippen LogP contribution in [0.15, 0.2) is 24.3 Å². The summed E-state index contributed by atoms with van der Waals surface area (Å²) in [7, 11) is 0. The second-order valence-electron chi connectivity index (χ2n) is 7.56. The van der Waals surface area contributed by atoms with E-state index in [2.05, 4.69) is 30.0 Å². The van der Waals surface area contributed by atoms with Crippen LogP contribution in [0.25, 0.3) is 0 Å². The molecular weight excluding hydrogens is 312 g/mol. The Balaban J connectivity index is 1.44. The highest BCUT2D eigenvalue weighted by Crippen LogP contribution is 2.34. The van der Waals surface area contributed by atoms with Gasteiger partial charge < -0.3 is 14.4 Å². The number of ether oxygens (including phenoxy) is 2. The standard InChI is InChI=1S/C21H30N2O2/c1-18-7-12-23(13-8-18)11-2-14-25-20-5-3-19(4-6-20)21(17-22)9-15-24-16-10-21/h3-6,18H,2,7-16H2,1H3. The molecule has 0 spiro atoms. The Bertz CT molecular complexity index is 565. The lowest BCUT2D eigenvalue weighted by Crippen LogP contribution is -2.34. The average Bonchev–Trinajstić information content (AvgIpc) is 2.67. The molecule has 3 rings (SSSR count). The van der Waals surface area contributed by atoms with Gasteiger partial charge in [0.15, 0.2) is 0 Å². The molecule has 4 nitrogen and oxygen atoms in total. The Kier molecular flexibility index (Phi) is 6.34. The lowest BCUT2D eigenvalue weighted by Gasteiger charge is -2.31. The summed E-state index contributed by atoms with van der Waals surface area (Å²) in [5, 5.41) is 9.64. The number of rotatable bonds is 6. The summed E-state index contributed by atoms with van der Waals surface area (Å²) < 4.78 is 11.3. The van der Waals surface area contributed by atoms with E-state index in [9.17, 15) is 5.26 Å². The topological polar surface area (TPSA) is 45.5 Å². The van der Waals surface area contributed by atoms with Gasteiger partial charge in [-0.2, -0.15) is 5.26 Å². The van der Waals surface area contributed by atoms with Crippen LogP contribution in [0.2, 0.25) is 0 Å². The fraction of sp³-hybridized carbons (Fsp3) is 0.667. The Hall–Kier alpha value is -1.57. The molecule has 2 saturated heterocycles. The van der Waals surface area contributed by atoms with E-state index in [1.807, 2.05) is 12.1 Å². The van der Waals surface area contributed by atoms with Crippen molar-refractivity contribution in [1.82, 2.24) is 4.90 Å². The maximum atomic E-state index is 9.64. The molecule has 1 aromatic carbocycles. The van der Waals surface area contributed by atoms with Crippen molar-refractivity contribution in [2.75, 3.05) is 39.5 Å². The molecule has 2 fully saturated rings. The molecule has 0 N–H and O–H groups in total. The zero-order chi connectivity index (χ0) is 17.5. The monoisotopic (exact) mass is 342 g/mol. The van der Waals surface area contributed by atoms with Gasteiger partial charge in [0.25, 0.3) is 0 Å². The van der Waals surface area contributed by atoms with E-state index in [1.165, 1.54) is 25.9 Å². The average molecular weight is 342 g/mol. The van der Waals surface area contributed by atoms with Crippen LogP contribution >= 0.6 is 0 Å². The van der Waals surface area contributed by atoms with E-state index in [0.29, 0.717) is 13.2 Å². The molecule has 136 valence electrons. The molecule has 0 bridgehead atoms. The molecular formula is C21H30N2O2. The van der Waals surface area contributed by atoms with Gasteiger partial charge in [-0.15, -0.1) is 0 Å². The first-order valence-electron chi connectivity index (χ1n) is 9.66. The maximum Gasteiger partial charge on any atom is 0.119 e. The van der Waals surface area contributed by atoms with Crippen molar-refractivity contribution in [3.8, 4) is 11.8 Å². The van der Waals surface area contributed by atoms with Gasteiger partial charge in [-0.1, -0.05) is 19.1 Å². The molecule has 4 heteroatoms. The van der Waals surface area contributed by atoms with Crippen LogP contribution in [0.4, 0.5) is 0 Å². The minimum atomic E-state index is -0.387. The molecule has 0 aromatic heterocycles. The van der Waals surface area contributed by atoms with Gasteiger partial charge in [-0.3, -0.25) is 0 Å². The Morgan fingerprint density at radius 1 is 1.20 bits per heavy atom. The highest BCUT2D eigenvalue weighted by molar-refractivity contribution is 5.37. The smallest absolute Gasteiger partial charge is 0.119 e.